The van der Waals surface area contributed by atoms with Crippen LogP contribution in [0.2, 0.25) is 0 Å². The summed E-state index contributed by atoms with van der Waals surface area (Å²) < 4.78 is 0. The van der Waals surface area contributed by atoms with Crippen molar-refractivity contribution in [2.24, 2.45) is 17.6 Å². The zero-order valence-electron chi connectivity index (χ0n) is 12.5. The number of hydrogen-bond donors (Lipinski definition) is 4. The molecule has 0 aliphatic heterocycles. The number of aliphatic carboxylic acids is 1. The molecule has 0 saturated heterocycles. The zero-order chi connectivity index (χ0) is 15.9. The molecule has 0 saturated carbocycles. The van der Waals surface area contributed by atoms with E-state index < -0.39 is 29.9 Å². The van der Waals surface area contributed by atoms with Crippen LogP contribution in [0.1, 0.15) is 34.1 Å². The SMILES string of the molecule is CCC(C)C(NC(=O)CNC(=O)C(N)C(C)C)C(=O)O. The van der Waals surface area contributed by atoms with E-state index >= 15 is 0 Å². The van der Waals surface area contributed by atoms with Gasteiger partial charge in [0.25, 0.3) is 0 Å². The number of carbonyl (C=O) groups excluding carboxylic acids is 2. The Labute approximate surface area is 119 Å². The van der Waals surface area contributed by atoms with Gasteiger partial charge in [-0.15, -0.1) is 0 Å². The van der Waals surface area contributed by atoms with Gasteiger partial charge in [0, 0.05) is 0 Å². The molecule has 3 atom stereocenters. The molecule has 0 radical (unpaired) electrons. The molecular formula is C13H25N3O4. The second-order valence-corrected chi connectivity index (χ2v) is 5.26. The van der Waals surface area contributed by atoms with E-state index in [9.17, 15) is 14.4 Å². The first-order valence-corrected chi connectivity index (χ1v) is 6.76. The highest BCUT2D eigenvalue weighted by Gasteiger charge is 2.25. The van der Waals surface area contributed by atoms with Gasteiger partial charge in [0.1, 0.15) is 6.04 Å². The van der Waals surface area contributed by atoms with Crippen LogP contribution in [0.3, 0.4) is 0 Å². The van der Waals surface area contributed by atoms with Crippen LogP contribution in [-0.2, 0) is 14.4 Å². The Bertz CT molecular complexity index is 358. The lowest BCUT2D eigenvalue weighted by molar-refractivity contribution is -0.143. The summed E-state index contributed by atoms with van der Waals surface area (Å²) in [5.74, 6) is -2.28. The molecule has 7 nitrogen and oxygen atoms in total. The van der Waals surface area contributed by atoms with Crippen molar-refractivity contribution in [2.75, 3.05) is 6.54 Å². The summed E-state index contributed by atoms with van der Waals surface area (Å²) >= 11 is 0. The van der Waals surface area contributed by atoms with E-state index in [1.807, 2.05) is 6.92 Å². The van der Waals surface area contributed by atoms with Gasteiger partial charge >= 0.3 is 5.97 Å². The van der Waals surface area contributed by atoms with Crippen molar-refractivity contribution in [2.45, 2.75) is 46.2 Å². The molecule has 20 heavy (non-hydrogen) atoms. The van der Waals surface area contributed by atoms with E-state index in [1.165, 1.54) is 0 Å². The van der Waals surface area contributed by atoms with Crippen LogP contribution in [-0.4, -0.2) is 41.5 Å². The number of carbonyl (C=O) groups is 3. The lowest BCUT2D eigenvalue weighted by Crippen LogP contribution is -2.51. The van der Waals surface area contributed by atoms with Gasteiger partial charge in [0.2, 0.25) is 11.8 Å². The number of carboxylic acid groups (broad SMARTS) is 1. The summed E-state index contributed by atoms with van der Waals surface area (Å²) in [5.41, 5.74) is 5.63. The van der Waals surface area contributed by atoms with Crippen LogP contribution in [0.4, 0.5) is 0 Å². The molecule has 7 heteroatoms. The number of carboxylic acids is 1. The molecule has 2 amide bonds. The molecule has 0 aliphatic carbocycles. The normalized spacial score (nSPS) is 15.3. The molecule has 0 aromatic carbocycles. The Hall–Kier alpha value is -1.63. The van der Waals surface area contributed by atoms with Gasteiger partial charge in [0.15, 0.2) is 0 Å². The highest BCUT2D eigenvalue weighted by atomic mass is 16.4. The van der Waals surface area contributed by atoms with Crippen LogP contribution in [0.15, 0.2) is 0 Å². The third-order valence-corrected chi connectivity index (χ3v) is 3.24. The molecule has 0 aromatic heterocycles. The van der Waals surface area contributed by atoms with Crippen molar-refractivity contribution in [3.05, 3.63) is 0 Å². The maximum Gasteiger partial charge on any atom is 0.326 e. The number of hydrogen-bond acceptors (Lipinski definition) is 4. The van der Waals surface area contributed by atoms with Gasteiger partial charge in [-0.05, 0) is 11.8 Å². The van der Waals surface area contributed by atoms with Crippen molar-refractivity contribution in [1.29, 1.82) is 0 Å². The zero-order valence-corrected chi connectivity index (χ0v) is 12.5. The summed E-state index contributed by atoms with van der Waals surface area (Å²) in [5, 5.41) is 13.8. The molecular weight excluding hydrogens is 262 g/mol. The smallest absolute Gasteiger partial charge is 0.326 e. The Kier molecular flexibility index (Phi) is 7.83. The maximum atomic E-state index is 11.6. The fraction of sp³-hybridized carbons (Fsp3) is 0.769. The van der Waals surface area contributed by atoms with E-state index in [1.54, 1.807) is 20.8 Å². The number of amides is 2. The van der Waals surface area contributed by atoms with Crippen molar-refractivity contribution in [3.63, 3.8) is 0 Å². The van der Waals surface area contributed by atoms with E-state index in [0.29, 0.717) is 6.42 Å². The van der Waals surface area contributed by atoms with Gasteiger partial charge in [-0.2, -0.15) is 0 Å². The topological polar surface area (TPSA) is 122 Å². The van der Waals surface area contributed by atoms with Crippen LogP contribution >= 0.6 is 0 Å². The first-order valence-electron chi connectivity index (χ1n) is 6.76. The number of nitrogens with two attached hydrogens (primary N) is 1. The summed E-state index contributed by atoms with van der Waals surface area (Å²) in [6.07, 6.45) is 0.627. The predicted octanol–water partition coefficient (Wildman–Crippen LogP) is -0.299. The van der Waals surface area contributed by atoms with Gasteiger partial charge < -0.3 is 21.5 Å². The first-order chi connectivity index (χ1) is 9.20. The second kappa shape index (κ2) is 8.52. The summed E-state index contributed by atoms with van der Waals surface area (Å²) in [4.78, 5) is 34.3. The second-order valence-electron chi connectivity index (χ2n) is 5.26. The Balaban J connectivity index is 4.35. The standard InChI is InChI=1S/C13H25N3O4/c1-5-8(4)11(13(19)20)16-9(17)6-15-12(18)10(14)7(2)3/h7-8,10-11H,5-6,14H2,1-4H3,(H,15,18)(H,16,17)(H,19,20). The third kappa shape index (κ3) is 6.01. The van der Waals surface area contributed by atoms with Crippen molar-refractivity contribution >= 4 is 17.8 Å². The fourth-order valence-corrected chi connectivity index (χ4v) is 1.50. The first kappa shape index (κ1) is 18.4. The Morgan fingerprint density at radius 1 is 1.20 bits per heavy atom. The number of nitrogens with one attached hydrogen (secondary N) is 2. The molecule has 0 rings (SSSR count). The van der Waals surface area contributed by atoms with Crippen molar-refractivity contribution in [1.82, 2.24) is 10.6 Å². The van der Waals surface area contributed by atoms with E-state index in [2.05, 4.69) is 10.6 Å². The van der Waals surface area contributed by atoms with Crippen LogP contribution in [0, 0.1) is 11.8 Å². The average Bonchev–Trinajstić information content (AvgIpc) is 2.39. The molecule has 0 heterocycles. The van der Waals surface area contributed by atoms with E-state index in [0.717, 1.165) is 0 Å². The van der Waals surface area contributed by atoms with Gasteiger partial charge in [-0.3, -0.25) is 9.59 Å². The van der Waals surface area contributed by atoms with E-state index in [-0.39, 0.29) is 18.4 Å². The maximum absolute atomic E-state index is 11.6. The highest BCUT2D eigenvalue weighted by Crippen LogP contribution is 2.07. The fourth-order valence-electron chi connectivity index (χ4n) is 1.50. The minimum absolute atomic E-state index is 0.0371. The number of rotatable bonds is 8. The van der Waals surface area contributed by atoms with Crippen molar-refractivity contribution in [3.8, 4) is 0 Å². The molecule has 0 bridgehead atoms. The summed E-state index contributed by atoms with van der Waals surface area (Å²) in [7, 11) is 0. The molecule has 0 aromatic rings. The molecule has 0 aliphatic rings. The molecule has 5 N–H and O–H groups in total. The summed E-state index contributed by atoms with van der Waals surface area (Å²) in [6, 6.07) is -1.64. The van der Waals surface area contributed by atoms with Crippen LogP contribution in [0.5, 0.6) is 0 Å². The van der Waals surface area contributed by atoms with E-state index in [4.69, 9.17) is 10.8 Å². The lowest BCUT2D eigenvalue weighted by atomic mass is 9.99. The highest BCUT2D eigenvalue weighted by molar-refractivity contribution is 5.89. The predicted molar refractivity (Wildman–Crippen MR) is 74.8 cm³/mol. The Morgan fingerprint density at radius 3 is 2.15 bits per heavy atom. The van der Waals surface area contributed by atoms with Gasteiger partial charge in [-0.25, -0.2) is 4.79 Å². The Morgan fingerprint density at radius 2 is 1.75 bits per heavy atom. The molecule has 0 fully saturated rings. The molecule has 116 valence electrons. The van der Waals surface area contributed by atoms with Crippen LogP contribution < -0.4 is 16.4 Å². The minimum atomic E-state index is -1.09. The molecule has 0 spiro atoms. The van der Waals surface area contributed by atoms with Crippen LogP contribution in [0.25, 0.3) is 0 Å². The van der Waals surface area contributed by atoms with Gasteiger partial charge in [-0.1, -0.05) is 34.1 Å². The minimum Gasteiger partial charge on any atom is -0.480 e. The van der Waals surface area contributed by atoms with Crippen molar-refractivity contribution < 1.29 is 19.5 Å². The third-order valence-electron chi connectivity index (χ3n) is 3.24. The monoisotopic (exact) mass is 287 g/mol. The van der Waals surface area contributed by atoms with Gasteiger partial charge in [0.05, 0.1) is 12.6 Å². The average molecular weight is 287 g/mol. The quantitative estimate of drug-likeness (QED) is 0.488. The largest absolute Gasteiger partial charge is 0.480 e. The lowest BCUT2D eigenvalue weighted by Gasteiger charge is -2.20. The molecule has 3 unspecified atom stereocenters. The summed E-state index contributed by atoms with van der Waals surface area (Å²) in [6.45, 7) is 6.91.